The second-order valence-corrected chi connectivity index (χ2v) is 8.70. The van der Waals surface area contributed by atoms with Gasteiger partial charge in [-0.2, -0.15) is 0 Å². The summed E-state index contributed by atoms with van der Waals surface area (Å²) in [5, 5.41) is 10.7. The highest BCUT2D eigenvalue weighted by molar-refractivity contribution is 5.91. The van der Waals surface area contributed by atoms with E-state index in [1.807, 2.05) is 6.08 Å². The van der Waals surface area contributed by atoms with Crippen LogP contribution in [0.15, 0.2) is 11.6 Å². The zero-order valence-electron chi connectivity index (χ0n) is 14.1. The molecule has 22 heavy (non-hydrogen) atoms. The maximum Gasteiger partial charge on any atom is 0.155 e. The van der Waals surface area contributed by atoms with Gasteiger partial charge in [-0.25, -0.2) is 0 Å². The molecule has 1 N–H and O–H groups in total. The first-order valence-corrected chi connectivity index (χ1v) is 9.45. The van der Waals surface area contributed by atoms with Crippen LogP contribution < -0.4 is 0 Å². The highest BCUT2D eigenvalue weighted by Crippen LogP contribution is 2.64. The lowest BCUT2D eigenvalue weighted by atomic mass is 9.49. The average molecular weight is 302 g/mol. The molecule has 0 aromatic heterocycles. The van der Waals surface area contributed by atoms with Gasteiger partial charge in [-0.05, 0) is 80.6 Å². The molecule has 2 heteroatoms. The first-order valence-electron chi connectivity index (χ1n) is 9.45. The van der Waals surface area contributed by atoms with Crippen LogP contribution in [0.5, 0.6) is 0 Å². The predicted molar refractivity (Wildman–Crippen MR) is 87.3 cm³/mol. The lowest BCUT2D eigenvalue weighted by Crippen LogP contribution is -2.51. The fraction of sp³-hybridized carbons (Fsp3) is 0.850. The number of aliphatic hydroxyl groups is 1. The van der Waals surface area contributed by atoms with Gasteiger partial charge < -0.3 is 5.11 Å². The number of aliphatic hydroxyl groups excluding tert-OH is 1. The summed E-state index contributed by atoms with van der Waals surface area (Å²) in [7, 11) is 0. The molecule has 0 aliphatic heterocycles. The Balaban J connectivity index is 1.65. The van der Waals surface area contributed by atoms with Gasteiger partial charge in [0.15, 0.2) is 5.78 Å². The monoisotopic (exact) mass is 302 g/mol. The van der Waals surface area contributed by atoms with Crippen molar-refractivity contribution >= 4 is 5.78 Å². The van der Waals surface area contributed by atoms with Crippen molar-refractivity contribution in [3.63, 3.8) is 0 Å². The van der Waals surface area contributed by atoms with Crippen LogP contribution in [0.1, 0.15) is 65.2 Å². The number of carbonyl (C=O) groups is 1. The molecule has 0 amide bonds. The molecule has 3 fully saturated rings. The first kappa shape index (κ1) is 14.9. The third kappa shape index (κ3) is 1.92. The number of allylic oxidation sites excluding steroid dienone is 1. The molecule has 0 saturated heterocycles. The Morgan fingerprint density at radius 2 is 1.91 bits per heavy atom. The molecule has 0 spiro atoms. The maximum atomic E-state index is 11.7. The minimum Gasteiger partial charge on any atom is -0.393 e. The van der Waals surface area contributed by atoms with E-state index in [9.17, 15) is 9.90 Å². The molecule has 122 valence electrons. The quantitative estimate of drug-likeness (QED) is 0.791. The number of fused-ring (bicyclic) bond motifs is 5. The summed E-state index contributed by atoms with van der Waals surface area (Å²) in [6.45, 7) is 4.66. The van der Waals surface area contributed by atoms with Crippen molar-refractivity contribution in [3.8, 4) is 0 Å². The summed E-state index contributed by atoms with van der Waals surface area (Å²) in [5.41, 5.74) is 1.65. The van der Waals surface area contributed by atoms with Crippen molar-refractivity contribution in [2.24, 2.45) is 35.0 Å². The van der Waals surface area contributed by atoms with Crippen LogP contribution in [0.4, 0.5) is 0 Å². The van der Waals surface area contributed by atoms with Crippen LogP contribution in [0.2, 0.25) is 0 Å². The molecule has 2 nitrogen and oxygen atoms in total. The molecule has 4 rings (SSSR count). The molecular weight excluding hydrogens is 272 g/mol. The van der Waals surface area contributed by atoms with Gasteiger partial charge in [0.2, 0.25) is 0 Å². The van der Waals surface area contributed by atoms with E-state index in [2.05, 4.69) is 13.8 Å². The predicted octanol–water partition coefficient (Wildman–Crippen LogP) is 4.13. The molecule has 6 atom stereocenters. The van der Waals surface area contributed by atoms with Crippen molar-refractivity contribution in [2.45, 2.75) is 71.3 Å². The van der Waals surface area contributed by atoms with Crippen LogP contribution in [-0.4, -0.2) is 17.0 Å². The molecule has 0 aromatic rings. The number of ketones is 1. The highest BCUT2D eigenvalue weighted by atomic mass is 16.3. The van der Waals surface area contributed by atoms with Crippen LogP contribution in [0.25, 0.3) is 0 Å². The third-order valence-corrected chi connectivity index (χ3v) is 7.92. The van der Waals surface area contributed by atoms with E-state index in [-0.39, 0.29) is 11.5 Å². The average Bonchev–Trinajstić information content (AvgIpc) is 2.85. The van der Waals surface area contributed by atoms with Gasteiger partial charge in [0.05, 0.1) is 6.10 Å². The first-order chi connectivity index (χ1) is 10.5. The van der Waals surface area contributed by atoms with Gasteiger partial charge in [-0.1, -0.05) is 19.4 Å². The molecule has 3 unspecified atom stereocenters. The molecule has 0 radical (unpaired) electrons. The van der Waals surface area contributed by atoms with Crippen LogP contribution in [-0.2, 0) is 4.79 Å². The molecule has 3 saturated carbocycles. The van der Waals surface area contributed by atoms with Gasteiger partial charge in [0.1, 0.15) is 0 Å². The van der Waals surface area contributed by atoms with Gasteiger partial charge in [0.25, 0.3) is 0 Å². The molecule has 4 aliphatic rings. The normalized spacial score (nSPS) is 47.7. The van der Waals surface area contributed by atoms with E-state index in [1.165, 1.54) is 31.3 Å². The Bertz CT molecular complexity index is 506. The summed E-state index contributed by atoms with van der Waals surface area (Å²) in [5.74, 6) is 3.92. The fourth-order valence-electron chi connectivity index (χ4n) is 6.98. The van der Waals surface area contributed by atoms with E-state index in [0.717, 1.165) is 43.4 Å². The summed E-state index contributed by atoms with van der Waals surface area (Å²) in [6.07, 6.45) is 10.9. The van der Waals surface area contributed by atoms with Gasteiger partial charge in [-0.3, -0.25) is 4.79 Å². The van der Waals surface area contributed by atoms with Crippen molar-refractivity contribution in [3.05, 3.63) is 11.6 Å². The zero-order chi connectivity index (χ0) is 15.5. The van der Waals surface area contributed by atoms with E-state index in [0.29, 0.717) is 17.6 Å². The van der Waals surface area contributed by atoms with Crippen molar-refractivity contribution < 1.29 is 9.90 Å². The van der Waals surface area contributed by atoms with Crippen LogP contribution in [0, 0.1) is 35.0 Å². The van der Waals surface area contributed by atoms with Crippen molar-refractivity contribution in [2.75, 3.05) is 0 Å². The van der Waals surface area contributed by atoms with E-state index in [4.69, 9.17) is 0 Å². The van der Waals surface area contributed by atoms with Crippen LogP contribution in [0.3, 0.4) is 0 Å². The van der Waals surface area contributed by atoms with E-state index >= 15 is 0 Å². The molecular formula is C20H30O2. The second-order valence-electron chi connectivity index (χ2n) is 8.70. The fourth-order valence-corrected chi connectivity index (χ4v) is 6.98. The van der Waals surface area contributed by atoms with Gasteiger partial charge in [-0.15, -0.1) is 0 Å². The highest BCUT2D eigenvalue weighted by Gasteiger charge is 2.59. The third-order valence-electron chi connectivity index (χ3n) is 7.92. The minimum atomic E-state index is -0.0803. The molecule has 0 heterocycles. The molecule has 0 aromatic carbocycles. The van der Waals surface area contributed by atoms with E-state index < -0.39 is 0 Å². The standard InChI is InChI=1S/C20H30O2/c1-12(2)20-10-9-16-15-6-4-14(21)11-13(15)3-5-17(16)18(20)7-8-19(20)22/h11-12,15-19,22H,3-10H2,1-2H3/t15-,16?,17?,18?,19+,20+/m1/s1. The van der Waals surface area contributed by atoms with Crippen molar-refractivity contribution in [1.82, 2.24) is 0 Å². The number of hydrogen-bond acceptors (Lipinski definition) is 2. The van der Waals surface area contributed by atoms with Crippen molar-refractivity contribution in [1.29, 1.82) is 0 Å². The van der Waals surface area contributed by atoms with Gasteiger partial charge in [0, 0.05) is 11.8 Å². The van der Waals surface area contributed by atoms with Gasteiger partial charge >= 0.3 is 0 Å². The maximum absolute atomic E-state index is 11.7. The number of hydrogen-bond donors (Lipinski definition) is 1. The molecule has 4 aliphatic carbocycles. The SMILES string of the molecule is CC(C)[C@@]12CCC3C(CCC4=CC(=O)CC[C@H]43)C1CC[C@@H]2O. The van der Waals surface area contributed by atoms with E-state index in [1.54, 1.807) is 0 Å². The minimum absolute atomic E-state index is 0.0803. The Hall–Kier alpha value is -0.630. The zero-order valence-corrected chi connectivity index (χ0v) is 14.1. The summed E-state index contributed by atoms with van der Waals surface area (Å²) >= 11 is 0. The lowest BCUT2D eigenvalue weighted by Gasteiger charge is -2.56. The topological polar surface area (TPSA) is 37.3 Å². The Morgan fingerprint density at radius 3 is 2.68 bits per heavy atom. The Kier molecular flexibility index (Phi) is 3.52. The summed E-state index contributed by atoms with van der Waals surface area (Å²) in [6, 6.07) is 0. The number of rotatable bonds is 1. The summed E-state index contributed by atoms with van der Waals surface area (Å²) in [4.78, 5) is 11.7. The van der Waals surface area contributed by atoms with Crippen LogP contribution >= 0.6 is 0 Å². The lowest BCUT2D eigenvalue weighted by molar-refractivity contribution is -0.117. The number of carbonyl (C=O) groups excluding carboxylic acids is 1. The second kappa shape index (κ2) is 5.19. The molecule has 0 bridgehead atoms. The smallest absolute Gasteiger partial charge is 0.155 e. The summed E-state index contributed by atoms with van der Waals surface area (Å²) < 4.78 is 0. The Labute approximate surface area is 134 Å². The largest absolute Gasteiger partial charge is 0.393 e. The Morgan fingerprint density at radius 1 is 1.09 bits per heavy atom.